The van der Waals surface area contributed by atoms with Crippen molar-refractivity contribution in [3.63, 3.8) is 0 Å². The number of anilines is 1. The van der Waals surface area contributed by atoms with E-state index in [1.165, 1.54) is 12.0 Å². The summed E-state index contributed by atoms with van der Waals surface area (Å²) in [4.78, 5) is 37.0. The fourth-order valence-electron chi connectivity index (χ4n) is 2.58. The highest BCUT2D eigenvalue weighted by Gasteiger charge is 2.34. The highest BCUT2D eigenvalue weighted by molar-refractivity contribution is 5.88. The Morgan fingerprint density at radius 1 is 1.25 bits per heavy atom. The van der Waals surface area contributed by atoms with E-state index in [1.54, 1.807) is 12.1 Å². The summed E-state index contributed by atoms with van der Waals surface area (Å²) < 4.78 is 4.69. The average Bonchev–Trinajstić information content (AvgIpc) is 3.08. The predicted molar refractivity (Wildman–Crippen MR) is 87.8 cm³/mol. The van der Waals surface area contributed by atoms with Crippen molar-refractivity contribution in [1.82, 2.24) is 15.5 Å². The molecule has 1 fully saturated rings. The number of methoxy groups -OCH3 is 1. The summed E-state index contributed by atoms with van der Waals surface area (Å²) in [5.41, 5.74) is 7.14. The number of nitrogens with two attached hydrogens (primary N) is 1. The molecule has 1 aliphatic rings. The second kappa shape index (κ2) is 8.19. The van der Waals surface area contributed by atoms with E-state index in [-0.39, 0.29) is 12.5 Å². The zero-order chi connectivity index (χ0) is 17.5. The minimum atomic E-state index is -0.554. The normalized spacial score (nSPS) is 16.5. The van der Waals surface area contributed by atoms with E-state index in [1.807, 2.05) is 12.1 Å². The number of esters is 1. The Morgan fingerprint density at radius 2 is 1.96 bits per heavy atom. The lowest BCUT2D eigenvalue weighted by atomic mass is 10.2. The zero-order valence-electron chi connectivity index (χ0n) is 13.6. The first-order chi connectivity index (χ1) is 11.5. The Hall–Kier alpha value is -2.77. The van der Waals surface area contributed by atoms with Gasteiger partial charge in [0.05, 0.1) is 13.7 Å². The quantitative estimate of drug-likeness (QED) is 0.527. The first-order valence-electron chi connectivity index (χ1n) is 7.74. The first-order valence-corrected chi connectivity index (χ1v) is 7.74. The number of likely N-dealkylation sites (tertiary alicyclic amines) is 1. The van der Waals surface area contributed by atoms with Gasteiger partial charge < -0.3 is 26.0 Å². The Balaban J connectivity index is 1.75. The molecule has 1 saturated heterocycles. The summed E-state index contributed by atoms with van der Waals surface area (Å²) in [6.07, 6.45) is 1.33. The number of ether oxygens (including phenoxy) is 1. The Bertz CT molecular complexity index is 603. The third kappa shape index (κ3) is 4.61. The molecule has 2 rings (SSSR count). The number of carbonyl (C=O) groups excluding carboxylic acids is 3. The smallest absolute Gasteiger partial charge is 0.328 e. The summed E-state index contributed by atoms with van der Waals surface area (Å²) in [7, 11) is 1.30. The van der Waals surface area contributed by atoms with Gasteiger partial charge in [-0.3, -0.25) is 4.79 Å². The molecule has 0 unspecified atom stereocenters. The van der Waals surface area contributed by atoms with E-state index in [0.717, 1.165) is 12.0 Å². The van der Waals surface area contributed by atoms with E-state index < -0.39 is 18.0 Å². The number of hydrogen-bond donors (Lipinski definition) is 3. The van der Waals surface area contributed by atoms with Crippen molar-refractivity contribution in [3.05, 3.63) is 29.8 Å². The number of rotatable bonds is 5. The SMILES string of the molecule is COC(=O)[C@H]1CCCN1C(=O)CNC(=O)NCc1ccc(N)cc1. The number of benzene rings is 1. The number of nitrogens with one attached hydrogen (secondary N) is 2. The van der Waals surface area contributed by atoms with Crippen LogP contribution in [0, 0.1) is 0 Å². The average molecular weight is 334 g/mol. The first kappa shape index (κ1) is 17.6. The molecule has 130 valence electrons. The third-order valence-electron chi connectivity index (χ3n) is 3.88. The molecule has 1 aliphatic heterocycles. The van der Waals surface area contributed by atoms with Crippen LogP contribution < -0.4 is 16.4 Å². The number of amides is 3. The lowest BCUT2D eigenvalue weighted by Crippen LogP contribution is -2.47. The highest BCUT2D eigenvalue weighted by atomic mass is 16.5. The molecule has 0 saturated carbocycles. The summed E-state index contributed by atoms with van der Waals surface area (Å²) in [6, 6.07) is 6.12. The Labute approximate surface area is 140 Å². The van der Waals surface area contributed by atoms with E-state index >= 15 is 0 Å². The molecule has 0 radical (unpaired) electrons. The van der Waals surface area contributed by atoms with Crippen LogP contribution in [0.3, 0.4) is 0 Å². The molecule has 24 heavy (non-hydrogen) atoms. The largest absolute Gasteiger partial charge is 0.467 e. The summed E-state index contributed by atoms with van der Waals surface area (Å²) in [6.45, 7) is 0.656. The second-order valence-electron chi connectivity index (χ2n) is 5.55. The molecule has 0 spiro atoms. The van der Waals surface area contributed by atoms with Crippen LogP contribution in [0.2, 0.25) is 0 Å². The number of carbonyl (C=O) groups is 3. The van der Waals surface area contributed by atoms with Gasteiger partial charge in [0.15, 0.2) is 0 Å². The van der Waals surface area contributed by atoms with Crippen LogP contribution in [0.25, 0.3) is 0 Å². The molecular formula is C16H22N4O4. The molecular weight excluding hydrogens is 312 g/mol. The maximum Gasteiger partial charge on any atom is 0.328 e. The fraction of sp³-hybridized carbons (Fsp3) is 0.438. The lowest BCUT2D eigenvalue weighted by molar-refractivity contribution is -0.150. The van der Waals surface area contributed by atoms with E-state index in [4.69, 9.17) is 10.5 Å². The van der Waals surface area contributed by atoms with E-state index in [2.05, 4.69) is 10.6 Å². The van der Waals surface area contributed by atoms with Crippen LogP contribution in [-0.2, 0) is 20.9 Å². The van der Waals surface area contributed by atoms with Crippen LogP contribution in [0.15, 0.2) is 24.3 Å². The van der Waals surface area contributed by atoms with Crippen molar-refractivity contribution in [2.45, 2.75) is 25.4 Å². The maximum atomic E-state index is 12.2. The van der Waals surface area contributed by atoms with Gasteiger partial charge in [-0.05, 0) is 30.5 Å². The molecule has 0 bridgehead atoms. The van der Waals surface area contributed by atoms with Crippen LogP contribution in [-0.4, -0.2) is 49.0 Å². The monoisotopic (exact) mass is 334 g/mol. The molecule has 8 heteroatoms. The molecule has 0 aliphatic carbocycles. The molecule has 0 aromatic heterocycles. The standard InChI is InChI=1S/C16H22N4O4/c1-24-15(22)13-3-2-8-20(13)14(21)10-19-16(23)18-9-11-4-6-12(17)7-5-11/h4-7,13H,2-3,8-10,17H2,1H3,(H2,18,19,23)/t13-/m1/s1. The number of nitrogen functional groups attached to an aromatic ring is 1. The van der Waals surface area contributed by atoms with Crippen LogP contribution in [0.1, 0.15) is 18.4 Å². The van der Waals surface area contributed by atoms with Gasteiger partial charge in [0.2, 0.25) is 5.91 Å². The van der Waals surface area contributed by atoms with Crippen molar-refractivity contribution in [2.24, 2.45) is 0 Å². The minimum absolute atomic E-state index is 0.166. The van der Waals surface area contributed by atoms with Gasteiger partial charge in [-0.25, -0.2) is 9.59 Å². The molecule has 1 aromatic carbocycles. The third-order valence-corrected chi connectivity index (χ3v) is 3.88. The number of urea groups is 1. The topological polar surface area (TPSA) is 114 Å². The van der Waals surface area contributed by atoms with Crippen LogP contribution >= 0.6 is 0 Å². The summed E-state index contributed by atoms with van der Waals surface area (Å²) in [5.74, 6) is -0.723. The Morgan fingerprint density at radius 3 is 2.62 bits per heavy atom. The number of hydrogen-bond acceptors (Lipinski definition) is 5. The van der Waals surface area contributed by atoms with Gasteiger partial charge in [0, 0.05) is 18.8 Å². The van der Waals surface area contributed by atoms with Crippen molar-refractivity contribution < 1.29 is 19.1 Å². The van der Waals surface area contributed by atoms with Gasteiger partial charge in [-0.15, -0.1) is 0 Å². The van der Waals surface area contributed by atoms with Crippen molar-refractivity contribution in [2.75, 3.05) is 25.9 Å². The van der Waals surface area contributed by atoms with Gasteiger partial charge in [-0.1, -0.05) is 12.1 Å². The zero-order valence-corrected chi connectivity index (χ0v) is 13.6. The number of nitrogens with zero attached hydrogens (tertiary/aromatic N) is 1. The van der Waals surface area contributed by atoms with E-state index in [9.17, 15) is 14.4 Å². The Kier molecular flexibility index (Phi) is 6.00. The van der Waals surface area contributed by atoms with Gasteiger partial charge in [0.1, 0.15) is 6.04 Å². The van der Waals surface area contributed by atoms with Crippen molar-refractivity contribution in [3.8, 4) is 0 Å². The highest BCUT2D eigenvalue weighted by Crippen LogP contribution is 2.18. The van der Waals surface area contributed by atoms with Crippen LogP contribution in [0.4, 0.5) is 10.5 Å². The minimum Gasteiger partial charge on any atom is -0.467 e. The summed E-state index contributed by atoms with van der Waals surface area (Å²) in [5, 5.41) is 5.16. The second-order valence-corrected chi connectivity index (χ2v) is 5.55. The van der Waals surface area contributed by atoms with Gasteiger partial charge in [-0.2, -0.15) is 0 Å². The molecule has 1 heterocycles. The van der Waals surface area contributed by atoms with Crippen molar-refractivity contribution >= 4 is 23.6 Å². The fourth-order valence-corrected chi connectivity index (χ4v) is 2.58. The maximum absolute atomic E-state index is 12.2. The molecule has 4 N–H and O–H groups in total. The molecule has 3 amide bonds. The molecule has 1 atom stereocenters. The summed E-state index contributed by atoms with van der Waals surface area (Å²) >= 11 is 0. The van der Waals surface area contributed by atoms with Crippen LogP contribution in [0.5, 0.6) is 0 Å². The lowest BCUT2D eigenvalue weighted by Gasteiger charge is -2.22. The molecule has 1 aromatic rings. The van der Waals surface area contributed by atoms with E-state index in [0.29, 0.717) is 25.2 Å². The predicted octanol–water partition coefficient (Wildman–Crippen LogP) is 0.232. The van der Waals surface area contributed by atoms with Gasteiger partial charge in [0.25, 0.3) is 0 Å². The van der Waals surface area contributed by atoms with Gasteiger partial charge >= 0.3 is 12.0 Å². The molecule has 8 nitrogen and oxygen atoms in total. The van der Waals surface area contributed by atoms with Crippen molar-refractivity contribution in [1.29, 1.82) is 0 Å².